The van der Waals surface area contributed by atoms with E-state index in [1.807, 2.05) is 0 Å². The highest BCUT2D eigenvalue weighted by Crippen LogP contribution is 2.28. The molecule has 0 aromatic carbocycles. The van der Waals surface area contributed by atoms with Crippen LogP contribution in [0.25, 0.3) is 0 Å². The van der Waals surface area contributed by atoms with Gasteiger partial charge in [0.25, 0.3) is 0 Å². The van der Waals surface area contributed by atoms with Gasteiger partial charge in [-0.15, -0.1) is 0 Å². The van der Waals surface area contributed by atoms with Gasteiger partial charge < -0.3 is 9.67 Å². The van der Waals surface area contributed by atoms with Crippen LogP contribution in [-0.4, -0.2) is 30.1 Å². The maximum Gasteiger partial charge on any atom is 0.352 e. The lowest BCUT2D eigenvalue weighted by atomic mass is 9.83. The third kappa shape index (κ3) is 2.82. The van der Waals surface area contributed by atoms with Crippen molar-refractivity contribution in [1.82, 2.24) is 9.29 Å². The van der Waals surface area contributed by atoms with Gasteiger partial charge in [0.05, 0.1) is 0 Å². The maximum atomic E-state index is 12.1. The second-order valence-electron chi connectivity index (χ2n) is 5.05. The van der Waals surface area contributed by atoms with E-state index in [2.05, 4.69) is 11.6 Å². The fourth-order valence-corrected chi connectivity index (χ4v) is 3.66. The topological polar surface area (TPSA) is 88.4 Å². The molecule has 106 valence electrons. The van der Waals surface area contributed by atoms with Crippen molar-refractivity contribution in [3.05, 3.63) is 18.0 Å². The lowest BCUT2D eigenvalue weighted by Crippen LogP contribution is -2.43. The minimum atomic E-state index is -3.62. The molecule has 6 nitrogen and oxygen atoms in total. The third-order valence-electron chi connectivity index (χ3n) is 3.44. The number of hydrogen-bond acceptors (Lipinski definition) is 3. The van der Waals surface area contributed by atoms with Crippen molar-refractivity contribution in [2.45, 2.75) is 44.2 Å². The van der Waals surface area contributed by atoms with E-state index in [1.165, 1.54) is 16.8 Å². The Morgan fingerprint density at radius 1 is 1.53 bits per heavy atom. The predicted molar refractivity (Wildman–Crippen MR) is 69.6 cm³/mol. The molecule has 1 aliphatic rings. The van der Waals surface area contributed by atoms with Gasteiger partial charge in [0.15, 0.2) is 0 Å². The fourth-order valence-electron chi connectivity index (χ4n) is 2.36. The van der Waals surface area contributed by atoms with Gasteiger partial charge in [0, 0.05) is 18.8 Å². The summed E-state index contributed by atoms with van der Waals surface area (Å²) in [6.07, 6.45) is 3.03. The van der Waals surface area contributed by atoms with Crippen molar-refractivity contribution < 1.29 is 18.3 Å². The van der Waals surface area contributed by atoms with Crippen molar-refractivity contribution in [3.63, 3.8) is 0 Å². The molecule has 7 heteroatoms. The van der Waals surface area contributed by atoms with Gasteiger partial charge in [-0.2, -0.15) is 0 Å². The van der Waals surface area contributed by atoms with Crippen LogP contribution >= 0.6 is 0 Å². The molecule has 0 aliphatic heterocycles. The summed E-state index contributed by atoms with van der Waals surface area (Å²) >= 11 is 0. The van der Waals surface area contributed by atoms with E-state index in [-0.39, 0.29) is 16.6 Å². The SMILES string of the molecule is CCn1cc(S(=O)(=O)NC2CC(C)C2)cc1C(=O)O. The summed E-state index contributed by atoms with van der Waals surface area (Å²) in [6, 6.07) is 1.18. The first-order chi connectivity index (χ1) is 8.83. The van der Waals surface area contributed by atoms with E-state index in [0.29, 0.717) is 12.5 Å². The van der Waals surface area contributed by atoms with Crippen LogP contribution in [0.4, 0.5) is 0 Å². The van der Waals surface area contributed by atoms with Crippen molar-refractivity contribution in [3.8, 4) is 0 Å². The fraction of sp³-hybridized carbons (Fsp3) is 0.583. The quantitative estimate of drug-likeness (QED) is 0.853. The van der Waals surface area contributed by atoms with Gasteiger partial charge in [0.1, 0.15) is 10.6 Å². The number of rotatable bonds is 5. The van der Waals surface area contributed by atoms with Gasteiger partial charge in [-0.25, -0.2) is 17.9 Å². The van der Waals surface area contributed by atoms with Gasteiger partial charge >= 0.3 is 5.97 Å². The average molecular weight is 286 g/mol. The second kappa shape index (κ2) is 4.97. The molecule has 2 rings (SSSR count). The molecule has 1 aliphatic carbocycles. The monoisotopic (exact) mass is 286 g/mol. The van der Waals surface area contributed by atoms with Crippen molar-refractivity contribution in [2.75, 3.05) is 0 Å². The zero-order valence-corrected chi connectivity index (χ0v) is 11.8. The van der Waals surface area contributed by atoms with Crippen LogP contribution in [0.2, 0.25) is 0 Å². The summed E-state index contributed by atoms with van der Waals surface area (Å²) in [4.78, 5) is 11.0. The van der Waals surface area contributed by atoms with E-state index in [1.54, 1.807) is 6.92 Å². The molecule has 1 aromatic heterocycles. The molecular formula is C12H18N2O4S. The highest BCUT2D eigenvalue weighted by molar-refractivity contribution is 7.89. The summed E-state index contributed by atoms with van der Waals surface area (Å²) in [5.41, 5.74) is -0.00940. The Labute approximate surface area is 112 Å². The maximum absolute atomic E-state index is 12.1. The summed E-state index contributed by atoms with van der Waals surface area (Å²) < 4.78 is 28.3. The van der Waals surface area contributed by atoms with Crippen molar-refractivity contribution >= 4 is 16.0 Å². The van der Waals surface area contributed by atoms with E-state index < -0.39 is 16.0 Å². The Balaban J connectivity index is 2.23. The number of carboxylic acid groups (broad SMARTS) is 1. The van der Waals surface area contributed by atoms with Crippen LogP contribution in [0.1, 0.15) is 37.2 Å². The van der Waals surface area contributed by atoms with Gasteiger partial charge in [-0.3, -0.25) is 0 Å². The van der Waals surface area contributed by atoms with Crippen LogP contribution in [0.5, 0.6) is 0 Å². The average Bonchev–Trinajstić information content (AvgIpc) is 2.71. The first-order valence-corrected chi connectivity index (χ1v) is 7.77. The van der Waals surface area contributed by atoms with Crippen LogP contribution in [0.15, 0.2) is 17.2 Å². The van der Waals surface area contributed by atoms with Crippen LogP contribution in [0, 0.1) is 5.92 Å². The zero-order chi connectivity index (χ0) is 14.2. The third-order valence-corrected chi connectivity index (χ3v) is 4.92. The van der Waals surface area contributed by atoms with Gasteiger partial charge in [-0.1, -0.05) is 6.92 Å². The molecule has 0 unspecified atom stereocenters. The second-order valence-corrected chi connectivity index (χ2v) is 6.76. The van der Waals surface area contributed by atoms with E-state index in [4.69, 9.17) is 5.11 Å². The largest absolute Gasteiger partial charge is 0.477 e. The van der Waals surface area contributed by atoms with Crippen LogP contribution in [-0.2, 0) is 16.6 Å². The number of aromatic carboxylic acids is 1. The highest BCUT2D eigenvalue weighted by Gasteiger charge is 2.30. The lowest BCUT2D eigenvalue weighted by molar-refractivity contribution is 0.0685. The molecule has 0 saturated heterocycles. The first-order valence-electron chi connectivity index (χ1n) is 6.29. The minimum absolute atomic E-state index is 0.00940. The van der Waals surface area contributed by atoms with Crippen molar-refractivity contribution in [2.24, 2.45) is 5.92 Å². The molecule has 1 heterocycles. The van der Waals surface area contributed by atoms with Crippen molar-refractivity contribution in [1.29, 1.82) is 0 Å². The number of aryl methyl sites for hydroxylation is 1. The molecule has 19 heavy (non-hydrogen) atoms. The standard InChI is InChI=1S/C12H18N2O4S/c1-3-14-7-10(6-11(14)12(15)16)19(17,18)13-9-4-8(2)5-9/h6-9,13H,3-5H2,1-2H3,(H,15,16). The Bertz CT molecular complexity index is 585. The molecular weight excluding hydrogens is 268 g/mol. The number of carboxylic acids is 1. The number of hydrogen-bond donors (Lipinski definition) is 2. The number of sulfonamides is 1. The number of nitrogens with zero attached hydrogens (tertiary/aromatic N) is 1. The number of nitrogens with one attached hydrogen (secondary N) is 1. The number of carbonyl (C=O) groups is 1. The Morgan fingerprint density at radius 3 is 2.58 bits per heavy atom. The molecule has 0 atom stereocenters. The summed E-state index contributed by atoms with van der Waals surface area (Å²) in [5, 5.41) is 9.01. The first kappa shape index (κ1) is 14.1. The smallest absolute Gasteiger partial charge is 0.352 e. The molecule has 0 bridgehead atoms. The summed E-state index contributed by atoms with van der Waals surface area (Å²) in [6.45, 7) is 4.25. The molecule has 0 radical (unpaired) electrons. The Hall–Kier alpha value is -1.34. The molecule has 1 fully saturated rings. The minimum Gasteiger partial charge on any atom is -0.477 e. The zero-order valence-electron chi connectivity index (χ0n) is 11.0. The highest BCUT2D eigenvalue weighted by atomic mass is 32.2. The number of aromatic nitrogens is 1. The van der Waals surface area contributed by atoms with Crippen LogP contribution in [0.3, 0.4) is 0 Å². The van der Waals surface area contributed by atoms with E-state index in [0.717, 1.165) is 12.8 Å². The molecule has 2 N–H and O–H groups in total. The Kier molecular flexibility index (Phi) is 3.69. The molecule has 0 spiro atoms. The molecule has 1 aromatic rings. The molecule has 0 amide bonds. The van der Waals surface area contributed by atoms with Crippen LogP contribution < -0.4 is 4.72 Å². The Morgan fingerprint density at radius 2 is 2.16 bits per heavy atom. The normalized spacial score (nSPS) is 23.1. The summed E-state index contributed by atoms with van der Waals surface area (Å²) in [7, 11) is -3.62. The molecule has 1 saturated carbocycles. The van der Waals surface area contributed by atoms with Gasteiger partial charge in [0.2, 0.25) is 10.0 Å². The predicted octanol–water partition coefficient (Wildman–Crippen LogP) is 1.28. The lowest BCUT2D eigenvalue weighted by Gasteiger charge is -2.32. The summed E-state index contributed by atoms with van der Waals surface area (Å²) in [5.74, 6) is -0.580. The van der Waals surface area contributed by atoms with E-state index in [9.17, 15) is 13.2 Å². The van der Waals surface area contributed by atoms with Gasteiger partial charge in [-0.05, 0) is 31.7 Å². The van der Waals surface area contributed by atoms with E-state index >= 15 is 0 Å².